The van der Waals surface area contributed by atoms with Crippen molar-refractivity contribution in [3.05, 3.63) is 81.5 Å². The van der Waals surface area contributed by atoms with E-state index in [1.165, 1.54) is 27.9 Å². The van der Waals surface area contributed by atoms with Gasteiger partial charge >= 0.3 is 31.3 Å². The highest BCUT2D eigenvalue weighted by Crippen LogP contribution is 2.58. The molecule has 0 saturated carbocycles. The van der Waals surface area contributed by atoms with E-state index in [0.717, 1.165) is 75.4 Å². The van der Waals surface area contributed by atoms with Gasteiger partial charge in [0.25, 0.3) is 0 Å². The predicted molar refractivity (Wildman–Crippen MR) is 212 cm³/mol. The molecule has 14 nitrogen and oxygen atoms in total. The molecular weight excluding hydrogens is 768 g/mol. The van der Waals surface area contributed by atoms with Crippen LogP contribution in [0.3, 0.4) is 0 Å². The van der Waals surface area contributed by atoms with Crippen molar-refractivity contribution in [2.45, 2.75) is 127 Å². The zero-order valence-corrected chi connectivity index (χ0v) is 36.3. The lowest BCUT2D eigenvalue weighted by Crippen LogP contribution is -1.94. The molecule has 0 aliphatic rings. The van der Waals surface area contributed by atoms with E-state index in [4.69, 9.17) is 24.5 Å². The van der Waals surface area contributed by atoms with E-state index in [0.29, 0.717) is 0 Å². The second-order valence-electron chi connectivity index (χ2n) is 13.2. The Bertz CT molecular complexity index is 1500. The van der Waals surface area contributed by atoms with Gasteiger partial charge in [0, 0.05) is 0 Å². The smallest absolute Gasteiger partial charge is 0.302 e. The van der Waals surface area contributed by atoms with Gasteiger partial charge in [-0.3, -0.25) is 9.05 Å². The van der Waals surface area contributed by atoms with Gasteiger partial charge in [0.15, 0.2) is 0 Å². The quantitative estimate of drug-likeness (QED) is 0.0372. The molecule has 2 unspecified atom stereocenters. The highest BCUT2D eigenvalue weighted by molar-refractivity contribution is 7.61. The summed E-state index contributed by atoms with van der Waals surface area (Å²) in [6.45, 7) is 17.9. The normalized spacial score (nSPS) is 15.9. The van der Waals surface area contributed by atoms with Gasteiger partial charge < -0.3 is 29.4 Å². The minimum absolute atomic E-state index is 0.261. The molecule has 18 heteroatoms. The van der Waals surface area contributed by atoms with Gasteiger partial charge in [-0.2, -0.15) is 8.62 Å². The first-order valence-electron chi connectivity index (χ1n) is 17.2. The summed E-state index contributed by atoms with van der Waals surface area (Å²) in [5.74, 6) is 0. The van der Waals surface area contributed by atoms with Crippen molar-refractivity contribution in [2.75, 3.05) is 13.2 Å². The lowest BCUT2D eigenvalue weighted by molar-refractivity contribution is 0.187. The fourth-order valence-corrected chi connectivity index (χ4v) is 7.24. The van der Waals surface area contributed by atoms with Crippen LogP contribution in [0.2, 0.25) is 0 Å². The third-order valence-corrected chi connectivity index (χ3v) is 11.3. The Morgan fingerprint density at radius 1 is 0.396 bits per heavy atom. The monoisotopic (exact) mass is 832 g/mol. The molecule has 0 aromatic rings. The molecule has 0 amide bonds. The molecule has 0 aromatic heterocycles. The van der Waals surface area contributed by atoms with Gasteiger partial charge in [0.1, 0.15) is 0 Å². The Labute approximate surface area is 317 Å². The largest absolute Gasteiger partial charge is 0.481 e. The van der Waals surface area contributed by atoms with Crippen molar-refractivity contribution < 1.29 is 65.3 Å². The predicted octanol–water partition coefficient (Wildman–Crippen LogP) is 11.0. The molecule has 53 heavy (non-hydrogen) atoms. The number of phosphoric ester groups is 2. The number of phosphoric acid groups is 4. The van der Waals surface area contributed by atoms with Gasteiger partial charge in [0.2, 0.25) is 0 Å². The van der Waals surface area contributed by atoms with E-state index in [9.17, 15) is 23.2 Å². The average Bonchev–Trinajstić information content (AvgIpc) is 2.94. The maximum atomic E-state index is 11.3. The molecule has 0 bridgehead atoms. The van der Waals surface area contributed by atoms with Crippen molar-refractivity contribution >= 4 is 31.3 Å². The van der Waals surface area contributed by atoms with Crippen molar-refractivity contribution in [2.24, 2.45) is 0 Å². The molecule has 0 spiro atoms. The van der Waals surface area contributed by atoms with Crippen molar-refractivity contribution in [3.63, 3.8) is 0 Å². The highest BCUT2D eigenvalue weighted by atomic mass is 31.3. The van der Waals surface area contributed by atoms with Crippen LogP contribution in [0.25, 0.3) is 0 Å². The molecule has 0 aliphatic heterocycles. The van der Waals surface area contributed by atoms with E-state index < -0.39 is 31.3 Å². The molecule has 2 atom stereocenters. The molecule has 0 aliphatic carbocycles. The van der Waals surface area contributed by atoms with Crippen LogP contribution in [0.4, 0.5) is 0 Å². The summed E-state index contributed by atoms with van der Waals surface area (Å²) >= 11 is 0. The zero-order valence-electron chi connectivity index (χ0n) is 32.8. The number of hydrogen-bond acceptors (Lipinski definition) is 8. The molecule has 0 aromatic carbocycles. The van der Waals surface area contributed by atoms with Crippen LogP contribution >= 0.6 is 31.3 Å². The number of rotatable bonds is 25. The van der Waals surface area contributed by atoms with E-state index in [1.54, 1.807) is 12.2 Å². The first kappa shape index (κ1) is 53.8. The van der Waals surface area contributed by atoms with E-state index in [1.807, 2.05) is 13.8 Å². The average molecular weight is 833 g/mol. The van der Waals surface area contributed by atoms with Crippen LogP contribution in [-0.4, -0.2) is 42.6 Å². The zero-order chi connectivity index (χ0) is 41.3. The summed E-state index contributed by atoms with van der Waals surface area (Å²) in [6.07, 6.45) is 23.7. The van der Waals surface area contributed by atoms with Crippen LogP contribution in [0.1, 0.15) is 127 Å². The molecule has 0 heterocycles. The molecule has 308 valence electrons. The summed E-state index contributed by atoms with van der Waals surface area (Å²) in [5.41, 5.74) is 8.60. The lowest BCUT2D eigenvalue weighted by atomic mass is 10.0. The van der Waals surface area contributed by atoms with Gasteiger partial charge in [-0.25, -0.2) is 18.3 Å². The van der Waals surface area contributed by atoms with Crippen LogP contribution in [0.5, 0.6) is 0 Å². The first-order valence-corrected chi connectivity index (χ1v) is 23.3. The maximum absolute atomic E-state index is 11.3. The fraction of sp³-hybridized carbons (Fsp3) is 0.600. The van der Waals surface area contributed by atoms with Gasteiger partial charge in [-0.05, 0) is 127 Å². The minimum Gasteiger partial charge on any atom is -0.302 e. The SMILES string of the molecule is CC(C)=CCC/C(C)=C/CC/C(C)=C/CC/C(C)=C/COP(=O)(O)OP(=O)(O)O.CC(C)=CCCC(C)=CCCC(C)=CCOP(=O)(O)OP(=O)(O)O. The second kappa shape index (κ2) is 28.1. The second-order valence-corrected chi connectivity index (χ2v) is 18.8. The van der Waals surface area contributed by atoms with Crippen LogP contribution < -0.4 is 0 Å². The van der Waals surface area contributed by atoms with E-state index >= 15 is 0 Å². The fourth-order valence-electron chi connectivity index (χ4n) is 4.19. The Balaban J connectivity index is 0. The Morgan fingerprint density at radius 2 is 0.623 bits per heavy atom. The molecule has 0 fully saturated rings. The van der Waals surface area contributed by atoms with Crippen LogP contribution in [0.15, 0.2) is 81.5 Å². The summed E-state index contributed by atoms with van der Waals surface area (Å²) in [6, 6.07) is 0. The van der Waals surface area contributed by atoms with Crippen LogP contribution in [-0.2, 0) is 35.9 Å². The van der Waals surface area contributed by atoms with Gasteiger partial charge in [-0.1, -0.05) is 81.5 Å². The maximum Gasteiger partial charge on any atom is 0.481 e. The third kappa shape index (κ3) is 40.2. The van der Waals surface area contributed by atoms with E-state index in [2.05, 4.69) is 96.5 Å². The molecular formula is C35H64O14P4. The van der Waals surface area contributed by atoms with Crippen molar-refractivity contribution in [3.8, 4) is 0 Å². The highest BCUT2D eigenvalue weighted by Gasteiger charge is 2.32. The van der Waals surface area contributed by atoms with Gasteiger partial charge in [0.05, 0.1) is 13.2 Å². The summed E-state index contributed by atoms with van der Waals surface area (Å²) in [5, 5.41) is 0. The minimum atomic E-state index is -5.08. The van der Waals surface area contributed by atoms with Crippen molar-refractivity contribution in [1.29, 1.82) is 0 Å². The number of allylic oxidation sites excluding steroid dienone is 12. The summed E-state index contributed by atoms with van der Waals surface area (Å²) in [7, 11) is -19.7. The molecule has 0 rings (SSSR count). The Hall–Kier alpha value is -1.30. The molecule has 6 N–H and O–H groups in total. The molecule has 0 radical (unpaired) electrons. The van der Waals surface area contributed by atoms with Crippen LogP contribution in [0, 0.1) is 0 Å². The Morgan fingerprint density at radius 3 is 0.849 bits per heavy atom. The standard InChI is InChI=1S/C20H36O7P2.C15H28O7P2/c1-17(2)9-6-10-18(3)11-7-12-19(4)13-8-14-20(5)15-16-26-29(24,25)27-28(21,22)23;1-13(2)7-5-8-14(3)9-6-10-15(4)11-12-21-24(19,20)22-23(16,17)18/h9,11,13,15H,6-8,10,12,14,16H2,1-5H3,(H,24,25)(H2,21,22,23);7,9,11H,5-6,8,10,12H2,1-4H3,(H,19,20)(H2,16,17,18)/b18-11+,19-13+,20-15+;. The third-order valence-electron chi connectivity index (χ3n) is 7.03. The Kier molecular flexibility index (Phi) is 28.6. The lowest BCUT2D eigenvalue weighted by Gasteiger charge is -2.11. The summed E-state index contributed by atoms with van der Waals surface area (Å²) < 4.78 is 60.0. The van der Waals surface area contributed by atoms with Crippen molar-refractivity contribution in [1.82, 2.24) is 0 Å². The van der Waals surface area contributed by atoms with E-state index in [-0.39, 0.29) is 13.2 Å². The summed E-state index contributed by atoms with van der Waals surface area (Å²) in [4.78, 5) is 52.3. The molecule has 0 saturated heterocycles. The van der Waals surface area contributed by atoms with Gasteiger partial charge in [-0.15, -0.1) is 0 Å². The topological polar surface area (TPSA) is 227 Å². The number of hydrogen-bond donors (Lipinski definition) is 6. The first-order chi connectivity index (χ1) is 24.2.